The van der Waals surface area contributed by atoms with Gasteiger partial charge in [0.15, 0.2) is 0 Å². The Morgan fingerprint density at radius 3 is 0.941 bits per heavy atom. The van der Waals surface area contributed by atoms with Gasteiger partial charge in [0.25, 0.3) is 0 Å². The number of hydrogen-bond acceptors (Lipinski definition) is 2. The molecule has 0 heterocycles. The first-order valence-electron chi connectivity index (χ1n) is 4.05. The Balaban J connectivity index is -0.0000000480. The number of ketones is 2. The Morgan fingerprint density at radius 2 is 0.941 bits per heavy atom. The third-order valence-corrected chi connectivity index (χ3v) is 0.836. The van der Waals surface area contributed by atoms with Crippen LogP contribution in [-0.4, -0.2) is 31.4 Å². The van der Waals surface area contributed by atoms with E-state index in [1.807, 2.05) is 0 Å². The van der Waals surface area contributed by atoms with Crippen molar-refractivity contribution in [2.75, 3.05) is 0 Å². The molecule has 0 atom stereocenters. The van der Waals surface area contributed by atoms with Gasteiger partial charge in [0.2, 0.25) is 0 Å². The van der Waals surface area contributed by atoms with Gasteiger partial charge in [-0.2, -0.15) is 0 Å². The second kappa shape index (κ2) is 17.5. The third-order valence-electron chi connectivity index (χ3n) is 0.836. The van der Waals surface area contributed by atoms with Crippen LogP contribution in [0.1, 0.15) is 27.7 Å². The van der Waals surface area contributed by atoms with E-state index < -0.39 is 0 Å². The number of hydrogen-bond donors (Lipinski definition) is 2. The van der Waals surface area contributed by atoms with Crippen LogP contribution in [0.15, 0.2) is 23.7 Å². The molecule has 0 saturated carbocycles. The van der Waals surface area contributed by atoms with Crippen molar-refractivity contribution < 1.29 is 41.5 Å². The van der Waals surface area contributed by atoms with E-state index in [1.165, 1.54) is 39.8 Å². The molecule has 0 rings (SSSR count). The standard InChI is InChI=1S/2C5H8O2.2CH3.Ti/c2*1-4(6)3-5(2)7;;;/h2*3,6H,1-2H3;2*1H3;/q;;2*-1;/p+2. The van der Waals surface area contributed by atoms with E-state index in [9.17, 15) is 0 Å². The van der Waals surface area contributed by atoms with Crippen LogP contribution < -0.4 is 0 Å². The molecule has 5 heteroatoms. The van der Waals surface area contributed by atoms with Gasteiger partial charge in [-0.15, -0.1) is 0 Å². The Kier molecular flexibility index (Phi) is 30.7. The zero-order chi connectivity index (χ0) is 11.7. The number of rotatable bonds is 2. The molecule has 0 amide bonds. The van der Waals surface area contributed by atoms with Gasteiger partial charge in [0.1, 0.15) is 0 Å². The van der Waals surface area contributed by atoms with Crippen LogP contribution in [0.2, 0.25) is 0 Å². The smallest absolute Gasteiger partial charge is 0.316 e. The summed E-state index contributed by atoms with van der Waals surface area (Å²) in [4.78, 5) is 16.8. The summed E-state index contributed by atoms with van der Waals surface area (Å²) in [5, 5.41) is 16.8. The summed E-state index contributed by atoms with van der Waals surface area (Å²) in [7, 11) is 0. The van der Waals surface area contributed by atoms with Gasteiger partial charge in [0.05, 0.1) is 37.5 Å². The van der Waals surface area contributed by atoms with E-state index in [0.29, 0.717) is 0 Å². The molecule has 0 bridgehead atoms. The van der Waals surface area contributed by atoms with E-state index >= 15 is 0 Å². The average molecular weight is 280 g/mol. The SMILES string of the molecule is CC(=[OH+])C=C(C)O.CC(=[OH+])C=C(C)O.[CH3-].[CH3-].[Ti]. The first kappa shape index (κ1) is 29.8. The van der Waals surface area contributed by atoms with Crippen molar-refractivity contribution in [3.63, 3.8) is 0 Å². The molecule has 0 aromatic carbocycles. The van der Waals surface area contributed by atoms with Crippen molar-refractivity contribution in [2.24, 2.45) is 0 Å². The summed E-state index contributed by atoms with van der Waals surface area (Å²) in [5.41, 5.74) is 0. The maximum atomic E-state index is 8.40. The molecule has 0 aromatic rings. The van der Waals surface area contributed by atoms with Gasteiger partial charge in [-0.05, 0) is 13.8 Å². The van der Waals surface area contributed by atoms with E-state index in [0.717, 1.165) is 0 Å². The Labute approximate surface area is 119 Å². The van der Waals surface area contributed by atoms with Crippen molar-refractivity contribution in [3.8, 4) is 0 Å². The van der Waals surface area contributed by atoms with Crippen molar-refractivity contribution >= 4 is 11.6 Å². The van der Waals surface area contributed by atoms with Gasteiger partial charge in [-0.25, -0.2) is 0 Å². The molecule has 0 aliphatic carbocycles. The summed E-state index contributed by atoms with van der Waals surface area (Å²) in [6.07, 6.45) is 2.56. The Bertz CT molecular complexity index is 232. The quantitative estimate of drug-likeness (QED) is 0.268. The molecule has 0 spiro atoms. The zero-order valence-corrected chi connectivity index (χ0v) is 13.0. The van der Waals surface area contributed by atoms with E-state index in [1.54, 1.807) is 0 Å². The molecule has 17 heavy (non-hydrogen) atoms. The number of aliphatic hydroxyl groups is 2. The molecule has 0 aliphatic heterocycles. The molecule has 4 N–H and O–H groups in total. The van der Waals surface area contributed by atoms with E-state index in [-0.39, 0.29) is 59.7 Å². The maximum absolute atomic E-state index is 8.40. The summed E-state index contributed by atoms with van der Waals surface area (Å²) in [6, 6.07) is 0. The minimum atomic E-state index is 0. The average Bonchev–Trinajstić information content (AvgIpc) is 1.79. The molecule has 0 fully saturated rings. The van der Waals surface area contributed by atoms with Crippen LogP contribution in [0.25, 0.3) is 0 Å². The minimum absolute atomic E-state index is 0. The Hall–Kier alpha value is -0.866. The molecule has 4 nitrogen and oxygen atoms in total. The number of carbonyl (C=O) groups excluding carboxylic acids is 2. The largest absolute Gasteiger partial charge is 0.512 e. The van der Waals surface area contributed by atoms with Gasteiger partial charge >= 0.3 is 11.6 Å². The second-order valence-electron chi connectivity index (χ2n) is 2.85. The minimum Gasteiger partial charge on any atom is -0.512 e. The van der Waals surface area contributed by atoms with Crippen LogP contribution in [0.4, 0.5) is 0 Å². The molecular weight excluding hydrogens is 256 g/mol. The molecule has 100 valence electrons. The molecule has 0 radical (unpaired) electrons. The molecule has 0 unspecified atom stereocenters. The van der Waals surface area contributed by atoms with E-state index in [4.69, 9.17) is 19.8 Å². The fourth-order valence-electron chi connectivity index (χ4n) is 0.605. The van der Waals surface area contributed by atoms with Crippen LogP contribution >= 0.6 is 0 Å². The predicted octanol–water partition coefficient (Wildman–Crippen LogP) is 2.92. The summed E-state index contributed by atoms with van der Waals surface area (Å²) >= 11 is 0. The fourth-order valence-corrected chi connectivity index (χ4v) is 0.605. The van der Waals surface area contributed by atoms with Crippen LogP contribution in [-0.2, 0) is 21.7 Å². The summed E-state index contributed by atoms with van der Waals surface area (Å²) in [5.74, 6) is 0.500. The van der Waals surface area contributed by atoms with Crippen molar-refractivity contribution in [2.45, 2.75) is 27.7 Å². The molecular formula is C12H24O4Ti. The van der Waals surface area contributed by atoms with Crippen LogP contribution in [0.5, 0.6) is 0 Å². The maximum Gasteiger partial charge on any atom is 0.316 e. The monoisotopic (exact) mass is 280 g/mol. The van der Waals surface area contributed by atoms with Crippen molar-refractivity contribution in [3.05, 3.63) is 38.5 Å². The number of allylic oxidation sites excluding steroid dienone is 4. The first-order chi connectivity index (χ1) is 6.25. The van der Waals surface area contributed by atoms with Gasteiger partial charge in [-0.1, -0.05) is 0 Å². The predicted molar refractivity (Wildman–Crippen MR) is 70.8 cm³/mol. The summed E-state index contributed by atoms with van der Waals surface area (Å²) < 4.78 is 0. The second-order valence-corrected chi connectivity index (χ2v) is 2.85. The first-order valence-corrected chi connectivity index (χ1v) is 4.05. The summed E-state index contributed by atoms with van der Waals surface area (Å²) in [6.45, 7) is 6.00. The van der Waals surface area contributed by atoms with Crippen LogP contribution in [0.3, 0.4) is 0 Å². The van der Waals surface area contributed by atoms with Gasteiger partial charge in [-0.3, -0.25) is 9.59 Å². The molecule has 0 saturated heterocycles. The molecule has 0 aromatic heterocycles. The van der Waals surface area contributed by atoms with Gasteiger partial charge in [0, 0.05) is 21.7 Å². The fraction of sp³-hybridized carbons (Fsp3) is 0.333. The van der Waals surface area contributed by atoms with Gasteiger partial charge < -0.3 is 25.1 Å². The van der Waals surface area contributed by atoms with Crippen molar-refractivity contribution in [1.29, 1.82) is 0 Å². The topological polar surface area (TPSA) is 83.3 Å². The third kappa shape index (κ3) is 51.3. The zero-order valence-electron chi connectivity index (χ0n) is 11.4. The normalized spacial score (nSPS) is 9.41. The number of aliphatic hydroxyl groups excluding tert-OH is 2. The van der Waals surface area contributed by atoms with Crippen LogP contribution in [0, 0.1) is 14.9 Å². The van der Waals surface area contributed by atoms with Crippen molar-refractivity contribution in [1.82, 2.24) is 0 Å². The Morgan fingerprint density at radius 1 is 0.765 bits per heavy atom. The molecule has 0 aliphatic rings. The van der Waals surface area contributed by atoms with E-state index in [2.05, 4.69) is 0 Å².